The van der Waals surface area contributed by atoms with E-state index in [-0.39, 0.29) is 12.4 Å². The third kappa shape index (κ3) is 4.22. The highest BCUT2D eigenvalue weighted by Crippen LogP contribution is 2.30. The van der Waals surface area contributed by atoms with Gasteiger partial charge in [0.15, 0.2) is 5.82 Å². The van der Waals surface area contributed by atoms with Gasteiger partial charge in [0, 0.05) is 30.4 Å². The highest BCUT2D eigenvalue weighted by atomic mass is 35.5. The van der Waals surface area contributed by atoms with Crippen LogP contribution in [0, 0.1) is 13.8 Å². The Balaban J connectivity index is 0.00000240. The number of aryl methyl sites for hydroxylation is 1. The monoisotopic (exact) mass is 407 g/mol. The normalized spacial score (nSPS) is 10.6. The van der Waals surface area contributed by atoms with Crippen LogP contribution in [0.1, 0.15) is 22.4 Å². The number of nitrogens with zero attached hydrogens (tertiary/aromatic N) is 2. The van der Waals surface area contributed by atoms with Crippen molar-refractivity contribution in [3.05, 3.63) is 89.2 Å². The third-order valence-corrected chi connectivity index (χ3v) is 5.35. The number of pyridine rings is 1. The Morgan fingerprint density at radius 2 is 1.66 bits per heavy atom. The van der Waals surface area contributed by atoms with E-state index in [0.29, 0.717) is 0 Å². The average Bonchev–Trinajstić information content (AvgIpc) is 2.99. The van der Waals surface area contributed by atoms with Gasteiger partial charge in [-0.1, -0.05) is 42.5 Å². The minimum absolute atomic E-state index is 0. The maximum atomic E-state index is 5.28. The minimum Gasteiger partial charge on any atom is -0.497 e. The number of benzene rings is 2. The third-order valence-electron chi connectivity index (χ3n) is 5.35. The zero-order chi connectivity index (χ0) is 19.5. The lowest BCUT2D eigenvalue weighted by atomic mass is 10.2. The summed E-state index contributed by atoms with van der Waals surface area (Å²) in [6.07, 6.45) is 1.89. The lowest BCUT2D eigenvalue weighted by Crippen LogP contribution is -2.07. The molecule has 0 aliphatic heterocycles. The maximum Gasteiger partial charge on any atom is 0.150 e. The van der Waals surface area contributed by atoms with E-state index >= 15 is 0 Å². The topological polar surface area (TPSA) is 39.1 Å². The van der Waals surface area contributed by atoms with Crippen molar-refractivity contribution in [3.63, 3.8) is 0 Å². The van der Waals surface area contributed by atoms with Gasteiger partial charge in [0.25, 0.3) is 0 Å². The molecule has 0 aliphatic rings. The van der Waals surface area contributed by atoms with Gasteiger partial charge in [0.05, 0.1) is 12.6 Å². The molecule has 0 spiro atoms. The molecule has 2 aromatic heterocycles. The summed E-state index contributed by atoms with van der Waals surface area (Å²) in [5, 5.41) is 4.78. The number of fused-ring (bicyclic) bond motifs is 1. The van der Waals surface area contributed by atoms with E-state index in [0.717, 1.165) is 30.2 Å². The molecule has 0 radical (unpaired) electrons. The summed E-state index contributed by atoms with van der Waals surface area (Å²) in [5.74, 6) is 1.80. The van der Waals surface area contributed by atoms with E-state index < -0.39 is 0 Å². The molecule has 2 heterocycles. The zero-order valence-corrected chi connectivity index (χ0v) is 17.8. The standard InChI is InChI=1S/C24H25N3O.ClH/c1-17-18(2)27(16-20-9-11-21(28-3)12-10-20)23-22(17)13-14-25-24(23)26-15-19-7-5-4-6-8-19;/h4-14H,15-16H2,1-3H3,(H,25,26);1H. The van der Waals surface area contributed by atoms with Crippen LogP contribution in [0.2, 0.25) is 0 Å². The summed E-state index contributed by atoms with van der Waals surface area (Å²) in [5.41, 5.74) is 6.20. The van der Waals surface area contributed by atoms with Gasteiger partial charge in [0.2, 0.25) is 0 Å². The molecule has 0 saturated heterocycles. The van der Waals surface area contributed by atoms with Crippen LogP contribution in [0.4, 0.5) is 5.82 Å². The van der Waals surface area contributed by atoms with Crippen LogP contribution in [0.25, 0.3) is 10.9 Å². The van der Waals surface area contributed by atoms with Gasteiger partial charge in [-0.15, -0.1) is 12.4 Å². The Hall–Kier alpha value is -2.98. The number of hydrogen-bond donors (Lipinski definition) is 1. The SMILES string of the molecule is COc1ccc(Cn2c(C)c(C)c3ccnc(NCc4ccccc4)c32)cc1.Cl. The molecule has 0 saturated carbocycles. The number of aromatic nitrogens is 2. The average molecular weight is 408 g/mol. The van der Waals surface area contributed by atoms with Crippen LogP contribution >= 0.6 is 12.4 Å². The van der Waals surface area contributed by atoms with Crippen LogP contribution in [0.3, 0.4) is 0 Å². The van der Waals surface area contributed by atoms with Gasteiger partial charge in [-0.2, -0.15) is 0 Å². The number of ether oxygens (including phenoxy) is 1. The summed E-state index contributed by atoms with van der Waals surface area (Å²) < 4.78 is 7.64. The van der Waals surface area contributed by atoms with Crippen LogP contribution in [-0.2, 0) is 13.1 Å². The number of anilines is 1. The van der Waals surface area contributed by atoms with Gasteiger partial charge in [-0.05, 0) is 48.7 Å². The Labute approximate surface area is 178 Å². The summed E-state index contributed by atoms with van der Waals surface area (Å²) in [6.45, 7) is 5.91. The molecule has 0 atom stereocenters. The van der Waals surface area contributed by atoms with E-state index in [9.17, 15) is 0 Å². The fourth-order valence-electron chi connectivity index (χ4n) is 3.62. The molecule has 0 unspecified atom stereocenters. The summed E-state index contributed by atoms with van der Waals surface area (Å²) >= 11 is 0. The van der Waals surface area contributed by atoms with E-state index in [1.54, 1.807) is 7.11 Å². The van der Waals surface area contributed by atoms with Crippen molar-refractivity contribution >= 4 is 29.1 Å². The number of hydrogen-bond acceptors (Lipinski definition) is 3. The Kier molecular flexibility index (Phi) is 6.45. The fourth-order valence-corrected chi connectivity index (χ4v) is 3.62. The molecule has 0 aliphatic carbocycles. The summed E-state index contributed by atoms with van der Waals surface area (Å²) in [6, 6.07) is 20.8. The molecule has 5 heteroatoms. The Bertz CT molecular complexity index is 1090. The molecule has 1 N–H and O–H groups in total. The second-order valence-electron chi connectivity index (χ2n) is 7.04. The van der Waals surface area contributed by atoms with Crippen molar-refractivity contribution in [1.29, 1.82) is 0 Å². The molecule has 4 nitrogen and oxygen atoms in total. The maximum absolute atomic E-state index is 5.28. The van der Waals surface area contributed by atoms with Crippen LogP contribution in [0.5, 0.6) is 5.75 Å². The number of rotatable bonds is 6. The predicted octanol–water partition coefficient (Wildman–Crippen LogP) is 5.74. The van der Waals surface area contributed by atoms with E-state index in [1.165, 1.54) is 27.8 Å². The lowest BCUT2D eigenvalue weighted by Gasteiger charge is -2.13. The van der Waals surface area contributed by atoms with Gasteiger partial charge >= 0.3 is 0 Å². The van der Waals surface area contributed by atoms with Gasteiger partial charge in [-0.3, -0.25) is 0 Å². The minimum atomic E-state index is 0. The molecule has 29 heavy (non-hydrogen) atoms. The van der Waals surface area contributed by atoms with Crippen molar-refractivity contribution in [2.75, 3.05) is 12.4 Å². The van der Waals surface area contributed by atoms with Gasteiger partial charge in [-0.25, -0.2) is 4.98 Å². The molecule has 0 fully saturated rings. The first-order valence-electron chi connectivity index (χ1n) is 9.52. The summed E-state index contributed by atoms with van der Waals surface area (Å²) in [7, 11) is 1.69. The molecular weight excluding hydrogens is 382 g/mol. The van der Waals surface area contributed by atoms with Gasteiger partial charge < -0.3 is 14.6 Å². The first-order chi connectivity index (χ1) is 13.7. The van der Waals surface area contributed by atoms with Crippen LogP contribution in [-0.4, -0.2) is 16.7 Å². The molecule has 0 bridgehead atoms. The van der Waals surface area contributed by atoms with Crippen molar-refractivity contribution in [1.82, 2.24) is 9.55 Å². The number of methoxy groups -OCH3 is 1. The highest BCUT2D eigenvalue weighted by Gasteiger charge is 2.15. The van der Waals surface area contributed by atoms with Crippen LogP contribution < -0.4 is 10.1 Å². The largest absolute Gasteiger partial charge is 0.497 e. The van der Waals surface area contributed by atoms with Crippen molar-refractivity contribution < 1.29 is 4.74 Å². The molecule has 4 rings (SSSR count). The summed E-state index contributed by atoms with van der Waals surface area (Å²) in [4.78, 5) is 4.65. The van der Waals surface area contributed by atoms with Crippen LogP contribution in [0.15, 0.2) is 66.9 Å². The van der Waals surface area contributed by atoms with E-state index in [2.05, 4.69) is 71.2 Å². The van der Waals surface area contributed by atoms with E-state index in [4.69, 9.17) is 4.74 Å². The molecule has 0 amide bonds. The fraction of sp³-hybridized carbons (Fsp3) is 0.208. The first kappa shape index (κ1) is 20.7. The number of halogens is 1. The number of nitrogens with one attached hydrogen (secondary N) is 1. The van der Waals surface area contributed by atoms with Gasteiger partial charge in [0.1, 0.15) is 5.75 Å². The first-order valence-corrected chi connectivity index (χ1v) is 9.52. The Morgan fingerprint density at radius 3 is 2.34 bits per heavy atom. The molecule has 2 aromatic carbocycles. The van der Waals surface area contributed by atoms with Crippen molar-refractivity contribution in [2.24, 2.45) is 0 Å². The molecular formula is C24H26ClN3O. The smallest absolute Gasteiger partial charge is 0.150 e. The molecule has 4 aromatic rings. The highest BCUT2D eigenvalue weighted by molar-refractivity contribution is 5.93. The second-order valence-corrected chi connectivity index (χ2v) is 7.04. The quantitative estimate of drug-likeness (QED) is 0.442. The Morgan fingerprint density at radius 1 is 0.931 bits per heavy atom. The predicted molar refractivity (Wildman–Crippen MR) is 122 cm³/mol. The van der Waals surface area contributed by atoms with Crippen molar-refractivity contribution in [3.8, 4) is 5.75 Å². The van der Waals surface area contributed by atoms with E-state index in [1.807, 2.05) is 24.4 Å². The second kappa shape index (κ2) is 9.01. The van der Waals surface area contributed by atoms with Crippen molar-refractivity contribution in [2.45, 2.75) is 26.9 Å². The molecule has 150 valence electrons. The lowest BCUT2D eigenvalue weighted by molar-refractivity contribution is 0.414. The zero-order valence-electron chi connectivity index (χ0n) is 17.0.